The molecule has 0 amide bonds. The Morgan fingerprint density at radius 1 is 0.900 bits per heavy atom. The fourth-order valence-corrected chi connectivity index (χ4v) is 1.96. The third kappa shape index (κ3) is 4.19. The molecule has 0 atom stereocenters. The highest BCUT2D eigenvalue weighted by Gasteiger charge is 2.14. The maximum absolute atomic E-state index is 5.47. The van der Waals surface area contributed by atoms with E-state index in [4.69, 9.17) is 5.84 Å². The van der Waals surface area contributed by atoms with Crippen LogP contribution in [-0.2, 0) is 0 Å². The number of hydrogen-bond acceptors (Lipinski definition) is 7. The van der Waals surface area contributed by atoms with Gasteiger partial charge in [-0.2, -0.15) is 15.0 Å². The topological polar surface area (TPSA) is 83.2 Å². The molecule has 0 radical (unpaired) electrons. The van der Waals surface area contributed by atoms with Gasteiger partial charge in [-0.25, -0.2) is 5.84 Å². The van der Waals surface area contributed by atoms with Gasteiger partial charge in [0.15, 0.2) is 0 Å². The van der Waals surface area contributed by atoms with Crippen LogP contribution < -0.4 is 21.1 Å². The van der Waals surface area contributed by atoms with Crippen LogP contribution in [0.3, 0.4) is 0 Å². The fourth-order valence-electron chi connectivity index (χ4n) is 1.96. The molecule has 114 valence electrons. The van der Waals surface area contributed by atoms with Crippen molar-refractivity contribution in [1.82, 2.24) is 15.0 Å². The third-order valence-corrected chi connectivity index (χ3v) is 3.23. The summed E-state index contributed by atoms with van der Waals surface area (Å²) in [5, 5.41) is 0. The monoisotopic (exact) mass is 281 g/mol. The van der Waals surface area contributed by atoms with Crippen molar-refractivity contribution in [2.45, 2.75) is 40.5 Å². The normalized spacial score (nSPS) is 10.4. The minimum Gasteiger partial charge on any atom is -0.341 e. The van der Waals surface area contributed by atoms with Crippen LogP contribution in [-0.4, -0.2) is 41.1 Å². The van der Waals surface area contributed by atoms with Crippen LogP contribution in [0.25, 0.3) is 0 Å². The molecule has 0 aliphatic rings. The number of rotatable bonds is 9. The first kappa shape index (κ1) is 16.4. The van der Waals surface area contributed by atoms with Gasteiger partial charge >= 0.3 is 0 Å². The van der Waals surface area contributed by atoms with Gasteiger partial charge in [-0.05, 0) is 27.2 Å². The van der Waals surface area contributed by atoms with Crippen LogP contribution in [0, 0.1) is 0 Å². The number of nitrogen functional groups attached to an aromatic ring is 1. The molecule has 0 spiro atoms. The number of aromatic nitrogens is 3. The molecule has 0 bridgehead atoms. The summed E-state index contributed by atoms with van der Waals surface area (Å²) in [5.74, 6) is 7.24. The first-order chi connectivity index (χ1) is 9.69. The molecule has 7 heteroatoms. The predicted molar refractivity (Wildman–Crippen MR) is 84.0 cm³/mol. The highest BCUT2D eigenvalue weighted by atomic mass is 15.4. The molecule has 7 nitrogen and oxygen atoms in total. The molecule has 0 unspecified atom stereocenters. The second kappa shape index (κ2) is 8.52. The van der Waals surface area contributed by atoms with Gasteiger partial charge < -0.3 is 9.80 Å². The van der Waals surface area contributed by atoms with Crippen molar-refractivity contribution in [3.05, 3.63) is 0 Å². The van der Waals surface area contributed by atoms with Crippen LogP contribution in [0.15, 0.2) is 0 Å². The Kier molecular flexibility index (Phi) is 7.00. The number of unbranched alkanes of at least 4 members (excludes halogenated alkanes) is 1. The molecule has 1 rings (SSSR count). The van der Waals surface area contributed by atoms with E-state index in [-0.39, 0.29) is 0 Å². The molecule has 1 heterocycles. The zero-order valence-electron chi connectivity index (χ0n) is 13.1. The van der Waals surface area contributed by atoms with E-state index in [2.05, 4.69) is 57.9 Å². The van der Waals surface area contributed by atoms with Crippen molar-refractivity contribution in [3.63, 3.8) is 0 Å². The van der Waals surface area contributed by atoms with Gasteiger partial charge in [0.1, 0.15) is 0 Å². The Morgan fingerprint density at radius 2 is 1.45 bits per heavy atom. The molecular formula is C13H27N7. The van der Waals surface area contributed by atoms with E-state index < -0.39 is 0 Å². The highest BCUT2D eigenvalue weighted by molar-refractivity contribution is 5.44. The van der Waals surface area contributed by atoms with Gasteiger partial charge in [0, 0.05) is 26.2 Å². The molecule has 1 aromatic heterocycles. The minimum atomic E-state index is 0.409. The van der Waals surface area contributed by atoms with E-state index in [0.29, 0.717) is 17.8 Å². The van der Waals surface area contributed by atoms with E-state index in [1.165, 1.54) is 0 Å². The molecule has 0 aromatic carbocycles. The summed E-state index contributed by atoms with van der Waals surface area (Å²) < 4.78 is 0. The zero-order chi connectivity index (χ0) is 15.0. The fraction of sp³-hybridized carbons (Fsp3) is 0.769. The maximum Gasteiger partial charge on any atom is 0.243 e. The van der Waals surface area contributed by atoms with E-state index in [0.717, 1.165) is 39.0 Å². The Balaban J connectivity index is 3.07. The molecule has 3 N–H and O–H groups in total. The number of anilines is 3. The molecule has 0 aliphatic heterocycles. The Labute approximate surface area is 121 Å². The van der Waals surface area contributed by atoms with Gasteiger partial charge in [0.25, 0.3) is 0 Å². The Bertz CT molecular complexity index is 392. The Hall–Kier alpha value is -1.63. The summed E-state index contributed by atoms with van der Waals surface area (Å²) >= 11 is 0. The number of hydrogen-bond donors (Lipinski definition) is 2. The van der Waals surface area contributed by atoms with Gasteiger partial charge in [-0.15, -0.1) is 0 Å². The van der Waals surface area contributed by atoms with E-state index >= 15 is 0 Å². The van der Waals surface area contributed by atoms with Crippen LogP contribution >= 0.6 is 0 Å². The number of nitrogens with two attached hydrogens (primary N) is 1. The van der Waals surface area contributed by atoms with Gasteiger partial charge in [-0.3, -0.25) is 5.43 Å². The molecule has 0 fully saturated rings. The lowest BCUT2D eigenvalue weighted by molar-refractivity contribution is 0.707. The smallest absolute Gasteiger partial charge is 0.243 e. The summed E-state index contributed by atoms with van der Waals surface area (Å²) in [7, 11) is 0. The van der Waals surface area contributed by atoms with E-state index in [9.17, 15) is 0 Å². The summed E-state index contributed by atoms with van der Waals surface area (Å²) in [6, 6.07) is 0. The lowest BCUT2D eigenvalue weighted by atomic mass is 10.3. The van der Waals surface area contributed by atoms with Crippen LogP contribution in [0.1, 0.15) is 40.5 Å². The molecule has 1 aromatic rings. The SMILES string of the molecule is CCCCN(CC)c1nc(NN)nc(N(CC)CC)n1. The number of nitrogens with zero attached hydrogens (tertiary/aromatic N) is 5. The predicted octanol–water partition coefficient (Wildman–Crippen LogP) is 1.63. The van der Waals surface area contributed by atoms with Gasteiger partial charge in [0.05, 0.1) is 0 Å². The van der Waals surface area contributed by atoms with E-state index in [1.807, 2.05) is 0 Å². The van der Waals surface area contributed by atoms with Crippen molar-refractivity contribution >= 4 is 17.8 Å². The summed E-state index contributed by atoms with van der Waals surface area (Å²) in [6.07, 6.45) is 2.26. The van der Waals surface area contributed by atoms with E-state index in [1.54, 1.807) is 0 Å². The van der Waals surface area contributed by atoms with Crippen molar-refractivity contribution < 1.29 is 0 Å². The van der Waals surface area contributed by atoms with Crippen molar-refractivity contribution in [2.75, 3.05) is 41.4 Å². The van der Waals surface area contributed by atoms with Crippen LogP contribution in [0.4, 0.5) is 17.8 Å². The number of nitrogens with one attached hydrogen (secondary N) is 1. The maximum atomic E-state index is 5.47. The van der Waals surface area contributed by atoms with Gasteiger partial charge in [-0.1, -0.05) is 13.3 Å². The molecule has 0 aliphatic carbocycles. The lowest BCUT2D eigenvalue weighted by Crippen LogP contribution is -2.30. The first-order valence-corrected chi connectivity index (χ1v) is 7.42. The van der Waals surface area contributed by atoms with Crippen molar-refractivity contribution in [3.8, 4) is 0 Å². The third-order valence-electron chi connectivity index (χ3n) is 3.23. The summed E-state index contributed by atoms with van der Waals surface area (Å²) in [4.78, 5) is 17.5. The molecule has 0 saturated heterocycles. The molecular weight excluding hydrogens is 254 g/mol. The highest BCUT2D eigenvalue weighted by Crippen LogP contribution is 2.16. The molecule has 20 heavy (non-hydrogen) atoms. The average molecular weight is 281 g/mol. The van der Waals surface area contributed by atoms with Crippen LogP contribution in [0.2, 0.25) is 0 Å². The quantitative estimate of drug-likeness (QED) is 0.525. The largest absolute Gasteiger partial charge is 0.341 e. The second-order valence-corrected chi connectivity index (χ2v) is 4.51. The molecule has 0 saturated carbocycles. The van der Waals surface area contributed by atoms with Crippen molar-refractivity contribution in [1.29, 1.82) is 0 Å². The first-order valence-electron chi connectivity index (χ1n) is 7.42. The standard InChI is InChI=1S/C13H27N7/c1-5-9-10-20(8-4)13-16-11(18-14)15-12(17-13)19(6-2)7-3/h5-10,14H2,1-4H3,(H,15,16,17,18). The minimum absolute atomic E-state index is 0.409. The average Bonchev–Trinajstić information content (AvgIpc) is 2.49. The lowest BCUT2D eigenvalue weighted by Gasteiger charge is -2.24. The number of hydrazine groups is 1. The zero-order valence-corrected chi connectivity index (χ0v) is 13.1. The summed E-state index contributed by atoms with van der Waals surface area (Å²) in [5.41, 5.74) is 2.53. The van der Waals surface area contributed by atoms with Crippen molar-refractivity contribution in [2.24, 2.45) is 5.84 Å². The summed E-state index contributed by atoms with van der Waals surface area (Å²) in [6.45, 7) is 12.0. The second-order valence-electron chi connectivity index (χ2n) is 4.51. The Morgan fingerprint density at radius 3 is 1.90 bits per heavy atom. The van der Waals surface area contributed by atoms with Crippen LogP contribution in [0.5, 0.6) is 0 Å². The van der Waals surface area contributed by atoms with Gasteiger partial charge in [0.2, 0.25) is 17.8 Å².